The van der Waals surface area contributed by atoms with Crippen molar-refractivity contribution in [2.45, 2.75) is 6.92 Å². The van der Waals surface area contributed by atoms with Crippen LogP contribution in [0, 0.1) is 6.92 Å². The first-order chi connectivity index (χ1) is 8.58. The van der Waals surface area contributed by atoms with Crippen molar-refractivity contribution >= 4 is 47.1 Å². The highest BCUT2D eigenvalue weighted by atomic mass is 35.5. The smallest absolute Gasteiger partial charge is 0.196 e. The molecule has 1 heterocycles. The van der Waals surface area contributed by atoms with Crippen LogP contribution < -0.4 is 21.3 Å². The number of anilines is 1. The number of nitrogens with one attached hydrogen (secondary N) is 2. The number of hydrogen-bond donors (Lipinski definition) is 3. The molecule has 0 bridgehead atoms. The van der Waals surface area contributed by atoms with Crippen LogP contribution in [0.3, 0.4) is 0 Å². The molecule has 5 nitrogen and oxygen atoms in total. The third-order valence-electron chi connectivity index (χ3n) is 2.85. The van der Waals surface area contributed by atoms with Crippen LogP contribution in [-0.4, -0.2) is 31.2 Å². The molecule has 7 heteroatoms. The summed E-state index contributed by atoms with van der Waals surface area (Å²) in [7, 11) is 1.84. The minimum atomic E-state index is 0. The summed E-state index contributed by atoms with van der Waals surface area (Å²) in [5.41, 5.74) is 8.57. The number of hydrogen-bond acceptors (Lipinski definition) is 2. The average Bonchev–Trinajstić information content (AvgIpc) is 2.84. The fourth-order valence-electron chi connectivity index (χ4n) is 1.68. The second-order valence-electron chi connectivity index (χ2n) is 4.18. The quantitative estimate of drug-likeness (QED) is 0.718. The zero-order valence-corrected chi connectivity index (χ0v) is 12.6. The lowest BCUT2D eigenvalue weighted by Crippen LogP contribution is -2.31. The van der Waals surface area contributed by atoms with Crippen molar-refractivity contribution in [3.05, 3.63) is 23.8 Å². The van der Waals surface area contributed by atoms with Gasteiger partial charge in [-0.05, 0) is 36.8 Å². The summed E-state index contributed by atoms with van der Waals surface area (Å²) in [6.07, 6.45) is 0. The average molecular weight is 300 g/mol. The van der Waals surface area contributed by atoms with Gasteiger partial charge in [-0.25, -0.2) is 4.99 Å². The molecule has 0 aromatic heterocycles. The van der Waals surface area contributed by atoms with E-state index in [0.717, 1.165) is 36.0 Å². The van der Waals surface area contributed by atoms with E-state index in [1.54, 1.807) is 4.90 Å². The molecule has 0 saturated carbocycles. The molecule has 0 amide bonds. The first kappa shape index (κ1) is 15.5. The Bertz CT molecular complexity index is 495. The number of benzene rings is 1. The van der Waals surface area contributed by atoms with Crippen LogP contribution in [-0.2, 0) is 0 Å². The lowest BCUT2D eigenvalue weighted by molar-refractivity contribution is 0.942. The Hall–Kier alpha value is -1.53. The van der Waals surface area contributed by atoms with E-state index in [0.29, 0.717) is 5.11 Å². The van der Waals surface area contributed by atoms with Gasteiger partial charge in [0.1, 0.15) is 0 Å². The van der Waals surface area contributed by atoms with Crippen molar-refractivity contribution in [3.8, 4) is 0 Å². The number of rotatable bonds is 2. The molecule has 1 aliphatic rings. The zero-order valence-electron chi connectivity index (χ0n) is 10.9. The van der Waals surface area contributed by atoms with E-state index in [9.17, 15) is 0 Å². The number of aryl methyl sites for hydroxylation is 1. The summed E-state index contributed by atoms with van der Waals surface area (Å²) in [5.74, 6) is 0.813. The number of nitrogens with two attached hydrogens (primary N) is 1. The van der Waals surface area contributed by atoms with Gasteiger partial charge >= 0.3 is 0 Å². The van der Waals surface area contributed by atoms with Gasteiger partial charge in [0.25, 0.3) is 0 Å². The predicted octanol–water partition coefficient (Wildman–Crippen LogP) is 1.28. The maximum Gasteiger partial charge on any atom is 0.196 e. The lowest BCUT2D eigenvalue weighted by Gasteiger charge is -2.17. The van der Waals surface area contributed by atoms with Crippen molar-refractivity contribution in [2.75, 3.05) is 25.0 Å². The number of nitrogens with zero attached hydrogens (tertiary/aromatic N) is 2. The summed E-state index contributed by atoms with van der Waals surface area (Å²) < 4.78 is 0. The van der Waals surface area contributed by atoms with Crippen LogP contribution in [0.4, 0.5) is 11.4 Å². The molecular formula is C12H18ClN5S. The van der Waals surface area contributed by atoms with Gasteiger partial charge in [0.05, 0.1) is 5.69 Å². The van der Waals surface area contributed by atoms with Gasteiger partial charge < -0.3 is 21.3 Å². The van der Waals surface area contributed by atoms with Crippen LogP contribution in [0.1, 0.15) is 5.56 Å². The third kappa shape index (κ3) is 3.71. The van der Waals surface area contributed by atoms with E-state index >= 15 is 0 Å². The standard InChI is InChI=1S/C12H17N5S.ClH/c1-8-3-4-9(17(2)11(13)18)7-10(8)16-12-14-5-6-15-12;/h3-4,7H,5-6H2,1-2H3,(H2,13,18)(H2,14,15,16);1H. The number of halogens is 1. The fraction of sp³-hybridized carbons (Fsp3) is 0.333. The Balaban J connectivity index is 0.00000180. The van der Waals surface area contributed by atoms with Crippen LogP contribution in [0.2, 0.25) is 0 Å². The molecule has 0 aliphatic carbocycles. The molecule has 4 N–H and O–H groups in total. The predicted molar refractivity (Wildman–Crippen MR) is 86.7 cm³/mol. The molecule has 0 radical (unpaired) electrons. The molecule has 104 valence electrons. The number of thiocarbonyl (C=S) groups is 1. The highest BCUT2D eigenvalue weighted by molar-refractivity contribution is 7.80. The van der Waals surface area contributed by atoms with Gasteiger partial charge in [-0.2, -0.15) is 0 Å². The first-order valence-electron chi connectivity index (χ1n) is 5.78. The van der Waals surface area contributed by atoms with Crippen molar-refractivity contribution in [3.63, 3.8) is 0 Å². The van der Waals surface area contributed by atoms with Crippen LogP contribution >= 0.6 is 24.6 Å². The summed E-state index contributed by atoms with van der Waals surface area (Å²) in [4.78, 5) is 6.30. The zero-order chi connectivity index (χ0) is 13.1. The SMILES string of the molecule is Cc1ccc(N(C)C(N)=S)cc1N=C1NCCN1.Cl. The molecule has 19 heavy (non-hydrogen) atoms. The Kier molecular flexibility index (Phi) is 5.38. The molecule has 1 saturated heterocycles. The van der Waals surface area contributed by atoms with Gasteiger partial charge in [-0.1, -0.05) is 6.07 Å². The van der Waals surface area contributed by atoms with Gasteiger partial charge in [0.2, 0.25) is 0 Å². The normalized spacial score (nSPS) is 13.1. The third-order valence-corrected chi connectivity index (χ3v) is 3.13. The van der Waals surface area contributed by atoms with Crippen LogP contribution in [0.5, 0.6) is 0 Å². The molecule has 2 rings (SSSR count). The van der Waals surface area contributed by atoms with Crippen molar-refractivity contribution < 1.29 is 0 Å². The molecule has 1 fully saturated rings. The Morgan fingerprint density at radius 3 is 2.58 bits per heavy atom. The van der Waals surface area contributed by atoms with Crippen molar-refractivity contribution in [2.24, 2.45) is 10.7 Å². The van der Waals surface area contributed by atoms with E-state index in [4.69, 9.17) is 18.0 Å². The Morgan fingerprint density at radius 1 is 1.37 bits per heavy atom. The van der Waals surface area contributed by atoms with Crippen LogP contribution in [0.15, 0.2) is 23.2 Å². The van der Waals surface area contributed by atoms with Gasteiger partial charge in [-0.15, -0.1) is 12.4 Å². The van der Waals surface area contributed by atoms with E-state index in [1.165, 1.54) is 0 Å². The fourth-order valence-corrected chi connectivity index (χ4v) is 1.78. The molecule has 0 spiro atoms. The van der Waals surface area contributed by atoms with E-state index in [-0.39, 0.29) is 12.4 Å². The van der Waals surface area contributed by atoms with E-state index in [2.05, 4.69) is 15.6 Å². The maximum atomic E-state index is 5.62. The molecule has 1 aliphatic heterocycles. The summed E-state index contributed by atoms with van der Waals surface area (Å²) >= 11 is 4.96. The van der Waals surface area contributed by atoms with Gasteiger partial charge in [-0.3, -0.25) is 0 Å². The Morgan fingerprint density at radius 2 is 2.00 bits per heavy atom. The summed E-state index contributed by atoms with van der Waals surface area (Å²) in [6, 6.07) is 5.97. The second-order valence-corrected chi connectivity index (χ2v) is 4.60. The molecular weight excluding hydrogens is 282 g/mol. The number of aliphatic imine (C=N–C) groups is 1. The van der Waals surface area contributed by atoms with Crippen molar-refractivity contribution in [1.29, 1.82) is 0 Å². The Labute approximate surface area is 124 Å². The van der Waals surface area contributed by atoms with Gasteiger partial charge in [0, 0.05) is 25.8 Å². The second kappa shape index (κ2) is 6.58. The molecule has 0 atom stereocenters. The van der Waals surface area contributed by atoms with Gasteiger partial charge in [0.15, 0.2) is 11.1 Å². The minimum Gasteiger partial charge on any atom is -0.376 e. The molecule has 1 aromatic carbocycles. The largest absolute Gasteiger partial charge is 0.376 e. The maximum absolute atomic E-state index is 5.62. The van der Waals surface area contributed by atoms with Crippen molar-refractivity contribution in [1.82, 2.24) is 10.6 Å². The lowest BCUT2D eigenvalue weighted by atomic mass is 10.2. The van der Waals surface area contributed by atoms with E-state index < -0.39 is 0 Å². The summed E-state index contributed by atoms with van der Waals surface area (Å²) in [5, 5.41) is 6.70. The summed E-state index contributed by atoms with van der Waals surface area (Å²) in [6.45, 7) is 3.84. The topological polar surface area (TPSA) is 65.7 Å². The highest BCUT2D eigenvalue weighted by Crippen LogP contribution is 2.25. The minimum absolute atomic E-state index is 0. The number of guanidine groups is 1. The van der Waals surface area contributed by atoms with Crippen LogP contribution in [0.25, 0.3) is 0 Å². The highest BCUT2D eigenvalue weighted by Gasteiger charge is 2.09. The molecule has 0 unspecified atom stereocenters. The van der Waals surface area contributed by atoms with E-state index in [1.807, 2.05) is 32.2 Å². The first-order valence-corrected chi connectivity index (χ1v) is 6.19. The monoisotopic (exact) mass is 299 g/mol. The molecule has 1 aromatic rings.